The molecule has 0 aliphatic rings. The fourth-order valence-corrected chi connectivity index (χ4v) is 1.56. The number of rotatable bonds is 13. The van der Waals surface area contributed by atoms with E-state index in [2.05, 4.69) is 20.8 Å². The fourth-order valence-electron chi connectivity index (χ4n) is 1.56. The van der Waals surface area contributed by atoms with E-state index in [9.17, 15) is 4.79 Å². The van der Waals surface area contributed by atoms with Crippen LogP contribution >= 0.6 is 0 Å². The second-order valence-corrected chi connectivity index (χ2v) is 5.53. The maximum absolute atomic E-state index is 10.2. The van der Waals surface area contributed by atoms with Gasteiger partial charge in [-0.05, 0) is 40.0 Å². The third-order valence-corrected chi connectivity index (χ3v) is 2.97. The molecule has 2 unspecified atom stereocenters. The number of unbranched alkanes of at least 4 members (excludes halogenated alkanes) is 3. The molecule has 134 valence electrons. The molecule has 0 aliphatic heterocycles. The lowest BCUT2D eigenvalue weighted by molar-refractivity contribution is -0.231. The average Bonchev–Trinajstić information content (AvgIpc) is 2.46. The third kappa shape index (κ3) is 21.8. The van der Waals surface area contributed by atoms with Crippen LogP contribution in [0.2, 0.25) is 0 Å². The highest BCUT2D eigenvalue weighted by atomic mass is 16.8. The van der Waals surface area contributed by atoms with Crippen molar-refractivity contribution in [3.8, 4) is 0 Å². The van der Waals surface area contributed by atoms with E-state index < -0.39 is 0 Å². The smallest absolute Gasteiger partial charge is 0.157 e. The van der Waals surface area contributed by atoms with Crippen LogP contribution in [-0.4, -0.2) is 31.6 Å². The van der Waals surface area contributed by atoms with Crippen molar-refractivity contribution in [3.63, 3.8) is 0 Å². The Morgan fingerprint density at radius 3 is 1.50 bits per heavy atom. The van der Waals surface area contributed by atoms with Crippen molar-refractivity contribution in [2.24, 2.45) is 0 Å². The van der Waals surface area contributed by atoms with Gasteiger partial charge in [-0.3, -0.25) is 0 Å². The molecular weight excluding hydrogens is 280 g/mol. The predicted molar refractivity (Wildman–Crippen MR) is 91.9 cm³/mol. The Labute approximate surface area is 137 Å². The summed E-state index contributed by atoms with van der Waals surface area (Å²) in [5.41, 5.74) is 0. The van der Waals surface area contributed by atoms with Gasteiger partial charge in [0.25, 0.3) is 0 Å². The van der Waals surface area contributed by atoms with E-state index in [1.165, 1.54) is 0 Å². The molecule has 0 bridgehead atoms. The molecule has 22 heavy (non-hydrogen) atoms. The number of hydrogen-bond acceptors (Lipinski definition) is 4. The van der Waals surface area contributed by atoms with Crippen LogP contribution in [0.5, 0.6) is 0 Å². The first-order valence-corrected chi connectivity index (χ1v) is 8.85. The van der Waals surface area contributed by atoms with Gasteiger partial charge in [0.1, 0.15) is 5.78 Å². The third-order valence-electron chi connectivity index (χ3n) is 2.97. The lowest BCUT2D eigenvalue weighted by Gasteiger charge is -2.19. The van der Waals surface area contributed by atoms with Crippen LogP contribution in [0.1, 0.15) is 86.5 Å². The lowest BCUT2D eigenvalue weighted by atomic mass is 10.2. The minimum absolute atomic E-state index is 0.173. The summed E-state index contributed by atoms with van der Waals surface area (Å²) < 4.78 is 16.4. The van der Waals surface area contributed by atoms with Crippen molar-refractivity contribution in [3.05, 3.63) is 0 Å². The summed E-state index contributed by atoms with van der Waals surface area (Å²) in [5, 5.41) is 0. The summed E-state index contributed by atoms with van der Waals surface area (Å²) in [5.74, 6) is 0.307. The van der Waals surface area contributed by atoms with Crippen molar-refractivity contribution < 1.29 is 19.0 Å². The topological polar surface area (TPSA) is 44.8 Å². The van der Waals surface area contributed by atoms with E-state index in [1.807, 2.05) is 13.8 Å². The molecular formula is C18H38O4. The Morgan fingerprint density at radius 1 is 0.818 bits per heavy atom. The zero-order valence-electron chi connectivity index (χ0n) is 15.7. The maximum atomic E-state index is 10.2. The number of hydrogen-bond donors (Lipinski definition) is 0. The molecule has 0 aromatic heterocycles. The second-order valence-electron chi connectivity index (χ2n) is 5.53. The number of ketones is 1. The number of carbonyl (C=O) groups is 1. The summed E-state index contributed by atoms with van der Waals surface area (Å²) in [6.07, 6.45) is 7.05. The first-order chi connectivity index (χ1) is 10.5. The molecule has 0 aromatic rings. The van der Waals surface area contributed by atoms with Gasteiger partial charge in [-0.2, -0.15) is 0 Å². The van der Waals surface area contributed by atoms with Gasteiger partial charge in [0.15, 0.2) is 12.6 Å². The molecule has 0 rings (SSSR count). The Kier molecular flexibility index (Phi) is 20.1. The summed E-state index contributed by atoms with van der Waals surface area (Å²) in [7, 11) is 0. The zero-order valence-corrected chi connectivity index (χ0v) is 15.7. The SMILES string of the molecule is CCCCC(C)=O.CCCCOC(C)OC(C)OCCCC. The van der Waals surface area contributed by atoms with Gasteiger partial charge in [0.2, 0.25) is 0 Å². The first-order valence-electron chi connectivity index (χ1n) is 8.85. The molecule has 0 aromatic carbocycles. The minimum atomic E-state index is -0.173. The normalized spacial score (nSPS) is 13.2. The summed E-state index contributed by atoms with van der Waals surface area (Å²) in [4.78, 5) is 10.2. The van der Waals surface area contributed by atoms with E-state index in [-0.39, 0.29) is 12.6 Å². The molecule has 0 fully saturated rings. The van der Waals surface area contributed by atoms with Gasteiger partial charge < -0.3 is 19.0 Å². The van der Waals surface area contributed by atoms with E-state index in [0.29, 0.717) is 5.78 Å². The zero-order chi connectivity index (χ0) is 17.2. The molecule has 0 saturated carbocycles. The summed E-state index contributed by atoms with van der Waals surface area (Å²) in [6.45, 7) is 13.4. The maximum Gasteiger partial charge on any atom is 0.157 e. The van der Waals surface area contributed by atoms with Crippen molar-refractivity contribution in [1.82, 2.24) is 0 Å². The summed E-state index contributed by atoms with van der Waals surface area (Å²) in [6, 6.07) is 0. The average molecular weight is 318 g/mol. The van der Waals surface area contributed by atoms with E-state index >= 15 is 0 Å². The monoisotopic (exact) mass is 318 g/mol. The van der Waals surface area contributed by atoms with Gasteiger partial charge in [0.05, 0.1) is 0 Å². The van der Waals surface area contributed by atoms with E-state index in [1.54, 1.807) is 6.92 Å². The van der Waals surface area contributed by atoms with Crippen LogP contribution in [-0.2, 0) is 19.0 Å². The largest absolute Gasteiger partial charge is 0.353 e. The number of ether oxygens (including phenoxy) is 3. The van der Waals surface area contributed by atoms with Gasteiger partial charge in [-0.25, -0.2) is 0 Å². The van der Waals surface area contributed by atoms with Crippen molar-refractivity contribution >= 4 is 5.78 Å². The highest BCUT2D eigenvalue weighted by Gasteiger charge is 2.08. The van der Waals surface area contributed by atoms with Gasteiger partial charge in [-0.15, -0.1) is 0 Å². The molecule has 0 aliphatic carbocycles. The highest BCUT2D eigenvalue weighted by molar-refractivity contribution is 5.75. The molecule has 0 spiro atoms. The number of carbonyl (C=O) groups excluding carboxylic acids is 1. The minimum Gasteiger partial charge on any atom is -0.353 e. The molecule has 0 saturated heterocycles. The quantitative estimate of drug-likeness (QED) is 0.350. The Hall–Kier alpha value is -0.450. The molecule has 0 radical (unpaired) electrons. The van der Waals surface area contributed by atoms with Crippen LogP contribution < -0.4 is 0 Å². The first kappa shape index (κ1) is 23.8. The van der Waals surface area contributed by atoms with Gasteiger partial charge >= 0.3 is 0 Å². The van der Waals surface area contributed by atoms with Crippen LogP contribution in [0, 0.1) is 0 Å². The number of Topliss-reactive ketones (excluding diaryl/α,β-unsaturated/α-hetero) is 1. The molecule has 4 nitrogen and oxygen atoms in total. The Morgan fingerprint density at radius 2 is 1.23 bits per heavy atom. The van der Waals surface area contributed by atoms with Crippen LogP contribution in [0.3, 0.4) is 0 Å². The van der Waals surface area contributed by atoms with E-state index in [0.717, 1.165) is 58.2 Å². The van der Waals surface area contributed by atoms with Gasteiger partial charge in [0, 0.05) is 19.6 Å². The predicted octanol–water partition coefficient (Wildman–Crippen LogP) is 5.09. The lowest BCUT2D eigenvalue weighted by Crippen LogP contribution is -2.23. The molecule has 0 heterocycles. The Bertz CT molecular complexity index is 217. The summed E-state index contributed by atoms with van der Waals surface area (Å²) >= 11 is 0. The fraction of sp³-hybridized carbons (Fsp3) is 0.944. The standard InChI is InChI=1S/C12H26O3.C6H12O/c1-5-7-9-13-11(3)15-12(4)14-10-8-6-2;1-3-4-5-6(2)7/h11-12H,5-10H2,1-4H3;3-5H2,1-2H3. The highest BCUT2D eigenvalue weighted by Crippen LogP contribution is 2.03. The van der Waals surface area contributed by atoms with Crippen molar-refractivity contribution in [2.45, 2.75) is 99.1 Å². The van der Waals surface area contributed by atoms with Crippen LogP contribution in [0.15, 0.2) is 0 Å². The molecule has 0 amide bonds. The van der Waals surface area contributed by atoms with Crippen LogP contribution in [0.4, 0.5) is 0 Å². The second kappa shape index (κ2) is 18.6. The van der Waals surface area contributed by atoms with Gasteiger partial charge in [-0.1, -0.05) is 40.0 Å². The molecule has 2 atom stereocenters. The molecule has 0 N–H and O–H groups in total. The van der Waals surface area contributed by atoms with Crippen molar-refractivity contribution in [1.29, 1.82) is 0 Å². The van der Waals surface area contributed by atoms with Crippen LogP contribution in [0.25, 0.3) is 0 Å². The molecule has 4 heteroatoms. The Balaban J connectivity index is 0. The van der Waals surface area contributed by atoms with E-state index in [4.69, 9.17) is 14.2 Å². The van der Waals surface area contributed by atoms with Crippen molar-refractivity contribution in [2.75, 3.05) is 13.2 Å².